The number of halogens is 2. The monoisotopic (exact) mass is 506 g/mol. The minimum absolute atomic E-state index is 0.0324. The van der Waals surface area contributed by atoms with Crippen LogP contribution in [-0.2, 0) is 21.9 Å². The third-order valence-corrected chi connectivity index (χ3v) is 7.73. The van der Waals surface area contributed by atoms with Gasteiger partial charge in [0.1, 0.15) is 6.04 Å². The Hall–Kier alpha value is -1.69. The standard InChI is InChI=1S/C26H32Cl2N2O2S/c1-3-24(26(32)29-21-9-4-5-10-21)30(15-19-8-6-7-18(2)13-19)25(31)17-33-16-20-11-12-22(27)23(28)14-20/h6-8,11-14,21,24H,3-5,9-10,15-17H2,1-2H3,(H,29,32). The minimum Gasteiger partial charge on any atom is -0.352 e. The number of hydrogen-bond donors (Lipinski definition) is 1. The number of benzene rings is 2. The lowest BCUT2D eigenvalue weighted by Gasteiger charge is -2.31. The second-order valence-electron chi connectivity index (χ2n) is 8.67. The van der Waals surface area contributed by atoms with Gasteiger partial charge in [-0.15, -0.1) is 11.8 Å². The quantitative estimate of drug-likeness (QED) is 0.405. The predicted octanol–water partition coefficient (Wildman–Crippen LogP) is 6.40. The summed E-state index contributed by atoms with van der Waals surface area (Å²) in [5, 5.41) is 4.22. The number of aryl methyl sites for hydroxylation is 1. The molecule has 1 fully saturated rings. The van der Waals surface area contributed by atoms with Crippen LogP contribution in [0.15, 0.2) is 42.5 Å². The van der Waals surface area contributed by atoms with E-state index in [-0.39, 0.29) is 17.9 Å². The molecule has 0 aromatic heterocycles. The van der Waals surface area contributed by atoms with E-state index in [4.69, 9.17) is 23.2 Å². The van der Waals surface area contributed by atoms with Crippen LogP contribution in [0.25, 0.3) is 0 Å². The van der Waals surface area contributed by atoms with E-state index in [2.05, 4.69) is 11.4 Å². The summed E-state index contributed by atoms with van der Waals surface area (Å²) in [4.78, 5) is 28.3. The van der Waals surface area contributed by atoms with Crippen LogP contribution in [0.1, 0.15) is 55.7 Å². The van der Waals surface area contributed by atoms with Gasteiger partial charge in [-0.05, 0) is 49.4 Å². The molecule has 1 aliphatic rings. The van der Waals surface area contributed by atoms with Crippen molar-refractivity contribution >= 4 is 46.8 Å². The van der Waals surface area contributed by atoms with Gasteiger partial charge in [0.05, 0.1) is 15.8 Å². The fourth-order valence-corrected chi connectivity index (χ4v) is 5.44. The van der Waals surface area contributed by atoms with Gasteiger partial charge in [0.25, 0.3) is 0 Å². The van der Waals surface area contributed by atoms with Crippen LogP contribution in [0.2, 0.25) is 10.0 Å². The number of thioether (sulfide) groups is 1. The first kappa shape index (κ1) is 25.9. The van der Waals surface area contributed by atoms with E-state index in [0.29, 0.717) is 34.5 Å². The molecule has 1 N–H and O–H groups in total. The van der Waals surface area contributed by atoms with Crippen molar-refractivity contribution in [1.29, 1.82) is 0 Å². The molecule has 7 heteroatoms. The number of rotatable bonds is 10. The third kappa shape index (κ3) is 7.66. The van der Waals surface area contributed by atoms with Crippen LogP contribution in [0.3, 0.4) is 0 Å². The molecule has 0 saturated heterocycles. The van der Waals surface area contributed by atoms with E-state index in [9.17, 15) is 9.59 Å². The maximum atomic E-state index is 13.4. The Bertz CT molecular complexity index is 963. The van der Waals surface area contributed by atoms with Crippen LogP contribution in [0.5, 0.6) is 0 Å². The first-order chi connectivity index (χ1) is 15.9. The van der Waals surface area contributed by atoms with Gasteiger partial charge in [0.15, 0.2) is 0 Å². The predicted molar refractivity (Wildman–Crippen MR) is 139 cm³/mol. The summed E-state index contributed by atoms with van der Waals surface area (Å²) in [6, 6.07) is 13.4. The Kier molecular flexibility index (Phi) is 9.96. The van der Waals surface area contributed by atoms with Crippen molar-refractivity contribution in [3.63, 3.8) is 0 Å². The molecule has 0 aliphatic heterocycles. The van der Waals surface area contributed by atoms with Crippen LogP contribution in [0.4, 0.5) is 0 Å². The molecule has 2 aromatic rings. The summed E-state index contributed by atoms with van der Waals surface area (Å²) in [5.41, 5.74) is 3.18. The molecule has 178 valence electrons. The van der Waals surface area contributed by atoms with Crippen molar-refractivity contribution in [2.75, 3.05) is 5.75 Å². The molecular formula is C26H32Cl2N2O2S. The van der Waals surface area contributed by atoms with Gasteiger partial charge in [-0.3, -0.25) is 9.59 Å². The first-order valence-corrected chi connectivity index (χ1v) is 13.5. The summed E-state index contributed by atoms with van der Waals surface area (Å²) in [7, 11) is 0. The first-order valence-electron chi connectivity index (χ1n) is 11.5. The van der Waals surface area contributed by atoms with Crippen LogP contribution in [0, 0.1) is 6.92 Å². The van der Waals surface area contributed by atoms with Crippen LogP contribution < -0.4 is 5.32 Å². The van der Waals surface area contributed by atoms with Gasteiger partial charge in [0, 0.05) is 18.3 Å². The van der Waals surface area contributed by atoms with Crippen molar-refractivity contribution in [3.8, 4) is 0 Å². The van der Waals surface area contributed by atoms with Gasteiger partial charge < -0.3 is 10.2 Å². The van der Waals surface area contributed by atoms with Crippen LogP contribution in [-0.4, -0.2) is 34.6 Å². The number of carbonyl (C=O) groups excluding carboxylic acids is 2. The number of nitrogens with one attached hydrogen (secondary N) is 1. The molecule has 3 rings (SSSR count). The molecule has 0 heterocycles. The maximum Gasteiger partial charge on any atom is 0.243 e. The van der Waals surface area contributed by atoms with Crippen molar-refractivity contribution in [2.45, 2.75) is 70.3 Å². The second-order valence-corrected chi connectivity index (χ2v) is 10.5. The summed E-state index contributed by atoms with van der Waals surface area (Å²) >= 11 is 13.6. The molecule has 0 spiro atoms. The van der Waals surface area contributed by atoms with Gasteiger partial charge in [-0.25, -0.2) is 0 Å². The van der Waals surface area contributed by atoms with E-state index < -0.39 is 6.04 Å². The highest BCUT2D eigenvalue weighted by atomic mass is 35.5. The van der Waals surface area contributed by atoms with Crippen molar-refractivity contribution in [1.82, 2.24) is 10.2 Å². The lowest BCUT2D eigenvalue weighted by Crippen LogP contribution is -2.51. The molecule has 1 atom stereocenters. The Morgan fingerprint density at radius 1 is 1.09 bits per heavy atom. The number of carbonyl (C=O) groups is 2. The molecule has 33 heavy (non-hydrogen) atoms. The largest absolute Gasteiger partial charge is 0.352 e. The molecular weight excluding hydrogens is 475 g/mol. The molecule has 4 nitrogen and oxygen atoms in total. The molecule has 1 saturated carbocycles. The molecule has 1 unspecified atom stereocenters. The molecule has 1 aliphatic carbocycles. The lowest BCUT2D eigenvalue weighted by molar-refractivity contribution is -0.139. The smallest absolute Gasteiger partial charge is 0.243 e. The maximum absolute atomic E-state index is 13.4. The fourth-order valence-electron chi connectivity index (χ4n) is 4.26. The van der Waals surface area contributed by atoms with Gasteiger partial charge in [-0.1, -0.05) is 78.9 Å². The van der Waals surface area contributed by atoms with Crippen molar-refractivity contribution < 1.29 is 9.59 Å². The summed E-state index contributed by atoms with van der Waals surface area (Å²) in [6.07, 6.45) is 4.92. The third-order valence-electron chi connectivity index (χ3n) is 6.00. The highest BCUT2D eigenvalue weighted by Gasteiger charge is 2.30. The zero-order chi connectivity index (χ0) is 23.8. The molecule has 0 bridgehead atoms. The van der Waals surface area contributed by atoms with Crippen molar-refractivity contribution in [3.05, 3.63) is 69.2 Å². The highest BCUT2D eigenvalue weighted by molar-refractivity contribution is 7.99. The van der Waals surface area contributed by atoms with E-state index >= 15 is 0 Å². The number of amides is 2. The Balaban J connectivity index is 1.70. The Morgan fingerprint density at radius 2 is 1.85 bits per heavy atom. The number of nitrogens with zero attached hydrogens (tertiary/aromatic N) is 1. The Morgan fingerprint density at radius 3 is 2.52 bits per heavy atom. The van der Waals surface area contributed by atoms with Gasteiger partial charge in [0.2, 0.25) is 11.8 Å². The van der Waals surface area contributed by atoms with E-state index in [1.807, 2.05) is 44.2 Å². The topological polar surface area (TPSA) is 49.4 Å². The van der Waals surface area contributed by atoms with E-state index in [1.54, 1.807) is 11.0 Å². The highest BCUT2D eigenvalue weighted by Crippen LogP contribution is 2.25. The lowest BCUT2D eigenvalue weighted by atomic mass is 10.1. The van der Waals surface area contributed by atoms with Crippen LogP contribution >= 0.6 is 35.0 Å². The average molecular weight is 508 g/mol. The molecule has 2 amide bonds. The Labute approximate surface area is 211 Å². The van der Waals surface area contributed by atoms with Crippen molar-refractivity contribution in [2.24, 2.45) is 0 Å². The zero-order valence-electron chi connectivity index (χ0n) is 19.3. The fraction of sp³-hybridized carbons (Fsp3) is 0.462. The average Bonchev–Trinajstić information content (AvgIpc) is 3.29. The summed E-state index contributed by atoms with van der Waals surface area (Å²) < 4.78 is 0. The van der Waals surface area contributed by atoms with E-state index in [0.717, 1.165) is 42.4 Å². The summed E-state index contributed by atoms with van der Waals surface area (Å²) in [6.45, 7) is 4.43. The second kappa shape index (κ2) is 12.7. The molecule has 0 radical (unpaired) electrons. The SMILES string of the molecule is CCC(C(=O)NC1CCCC1)N(Cc1cccc(C)c1)C(=O)CSCc1ccc(Cl)c(Cl)c1. The number of hydrogen-bond acceptors (Lipinski definition) is 3. The van der Waals surface area contributed by atoms with Gasteiger partial charge in [-0.2, -0.15) is 0 Å². The normalized spacial score (nSPS) is 14.8. The molecule has 2 aromatic carbocycles. The summed E-state index contributed by atoms with van der Waals surface area (Å²) in [5.74, 6) is 0.862. The van der Waals surface area contributed by atoms with E-state index in [1.165, 1.54) is 11.8 Å². The zero-order valence-corrected chi connectivity index (χ0v) is 21.6. The minimum atomic E-state index is -0.482. The van der Waals surface area contributed by atoms with Gasteiger partial charge >= 0.3 is 0 Å².